The molecule has 3 rings (SSSR count). The van der Waals surface area contributed by atoms with Gasteiger partial charge < -0.3 is 21.1 Å². The molecule has 180 valence electrons. The molecular formula is C24H23ClF3N3O3. The fraction of sp³-hybridized carbons (Fsp3) is 0.167. The molecule has 4 N–H and O–H groups in total. The summed E-state index contributed by atoms with van der Waals surface area (Å²) in [7, 11) is 0. The van der Waals surface area contributed by atoms with E-state index < -0.39 is 12.1 Å². The normalized spacial score (nSPS) is 10.6. The second-order valence-corrected chi connectivity index (χ2v) is 7.44. The van der Waals surface area contributed by atoms with Crippen molar-refractivity contribution in [3.8, 4) is 0 Å². The van der Waals surface area contributed by atoms with E-state index in [2.05, 4.69) is 34.1 Å². The number of anilines is 2. The van der Waals surface area contributed by atoms with Crippen molar-refractivity contribution < 1.29 is 27.9 Å². The minimum atomic E-state index is -5.08. The standard InChI is InChI=1S/C22H22ClN3O.C2HF3O2/c23-19-9-11-20(12-10-19)25-22(27)26-21-8-4-7-17(15-21)13-14-24-16-18-5-2-1-3-6-18;3-2(4,5)1(6)7/h1-12,15,24H,13-14,16H2,(H2,25,26,27);(H,6,7). The number of carboxylic acid groups (broad SMARTS) is 1. The van der Waals surface area contributed by atoms with Crippen LogP contribution in [0.25, 0.3) is 0 Å². The van der Waals surface area contributed by atoms with Gasteiger partial charge in [-0.2, -0.15) is 13.2 Å². The quantitative estimate of drug-likeness (QED) is 0.306. The molecule has 0 fully saturated rings. The number of hydrogen-bond donors (Lipinski definition) is 4. The minimum Gasteiger partial charge on any atom is -0.475 e. The third-order valence-electron chi connectivity index (χ3n) is 4.29. The average molecular weight is 494 g/mol. The topological polar surface area (TPSA) is 90.5 Å². The number of urea groups is 1. The zero-order valence-electron chi connectivity index (χ0n) is 17.9. The number of hydrogen-bond acceptors (Lipinski definition) is 3. The van der Waals surface area contributed by atoms with Gasteiger partial charge in [-0.05, 0) is 60.5 Å². The van der Waals surface area contributed by atoms with Crippen LogP contribution in [0.15, 0.2) is 78.9 Å². The molecule has 0 aliphatic rings. The molecule has 0 unspecified atom stereocenters. The Morgan fingerprint density at radius 3 is 2.03 bits per heavy atom. The molecule has 3 aromatic carbocycles. The summed E-state index contributed by atoms with van der Waals surface area (Å²) >= 11 is 5.85. The predicted octanol–water partition coefficient (Wildman–Crippen LogP) is 5.95. The molecule has 0 spiro atoms. The number of carboxylic acids is 1. The van der Waals surface area contributed by atoms with Crippen LogP contribution in [0, 0.1) is 0 Å². The molecule has 34 heavy (non-hydrogen) atoms. The summed E-state index contributed by atoms with van der Waals surface area (Å²) < 4.78 is 31.7. The van der Waals surface area contributed by atoms with Crippen molar-refractivity contribution in [3.05, 3.63) is 95.0 Å². The van der Waals surface area contributed by atoms with Crippen LogP contribution in [0.3, 0.4) is 0 Å². The average Bonchev–Trinajstić information content (AvgIpc) is 2.79. The first-order valence-electron chi connectivity index (χ1n) is 10.1. The molecule has 0 saturated heterocycles. The van der Waals surface area contributed by atoms with E-state index in [0.717, 1.165) is 25.2 Å². The van der Waals surface area contributed by atoms with E-state index in [1.165, 1.54) is 11.1 Å². The molecule has 0 bridgehead atoms. The number of carbonyl (C=O) groups is 2. The Balaban J connectivity index is 0.000000509. The molecule has 0 aliphatic heterocycles. The van der Waals surface area contributed by atoms with Gasteiger partial charge >= 0.3 is 18.2 Å². The Morgan fingerprint density at radius 1 is 0.824 bits per heavy atom. The highest BCUT2D eigenvalue weighted by Gasteiger charge is 2.38. The van der Waals surface area contributed by atoms with E-state index in [9.17, 15) is 18.0 Å². The summed E-state index contributed by atoms with van der Waals surface area (Å²) in [5.41, 5.74) is 3.90. The number of benzene rings is 3. The van der Waals surface area contributed by atoms with E-state index in [0.29, 0.717) is 10.7 Å². The highest BCUT2D eigenvalue weighted by atomic mass is 35.5. The molecule has 0 heterocycles. The number of rotatable bonds is 7. The highest BCUT2D eigenvalue weighted by Crippen LogP contribution is 2.15. The molecule has 10 heteroatoms. The van der Waals surface area contributed by atoms with Crippen LogP contribution in [-0.2, 0) is 17.8 Å². The lowest BCUT2D eigenvalue weighted by Crippen LogP contribution is -2.21. The smallest absolute Gasteiger partial charge is 0.475 e. The van der Waals surface area contributed by atoms with E-state index in [1.54, 1.807) is 24.3 Å². The first-order valence-corrected chi connectivity index (χ1v) is 10.5. The van der Waals surface area contributed by atoms with E-state index in [1.807, 2.05) is 36.4 Å². The molecule has 0 saturated carbocycles. The second-order valence-electron chi connectivity index (χ2n) is 7.00. The summed E-state index contributed by atoms with van der Waals surface area (Å²) in [6.45, 7) is 1.72. The molecule has 0 aliphatic carbocycles. The number of aliphatic carboxylic acids is 1. The van der Waals surface area contributed by atoms with Crippen molar-refractivity contribution in [1.82, 2.24) is 5.32 Å². The van der Waals surface area contributed by atoms with Gasteiger partial charge in [0.25, 0.3) is 0 Å². The number of alkyl halides is 3. The SMILES string of the molecule is O=C(Nc1ccc(Cl)cc1)Nc1cccc(CCNCc2ccccc2)c1.O=C(O)C(F)(F)F. The summed E-state index contributed by atoms with van der Waals surface area (Å²) in [6, 6.07) is 24.9. The molecule has 3 aromatic rings. The van der Waals surface area contributed by atoms with Crippen LogP contribution in [0.2, 0.25) is 5.02 Å². The van der Waals surface area contributed by atoms with Gasteiger partial charge in [-0.25, -0.2) is 9.59 Å². The van der Waals surface area contributed by atoms with Gasteiger partial charge in [-0.1, -0.05) is 54.1 Å². The molecule has 2 amide bonds. The van der Waals surface area contributed by atoms with Crippen LogP contribution in [0.1, 0.15) is 11.1 Å². The van der Waals surface area contributed by atoms with E-state index in [4.69, 9.17) is 21.5 Å². The number of carbonyl (C=O) groups excluding carboxylic acids is 1. The van der Waals surface area contributed by atoms with Gasteiger partial charge in [0.2, 0.25) is 0 Å². The lowest BCUT2D eigenvalue weighted by Gasteiger charge is -2.10. The summed E-state index contributed by atoms with van der Waals surface area (Å²) in [5, 5.41) is 16.8. The van der Waals surface area contributed by atoms with E-state index >= 15 is 0 Å². The molecule has 6 nitrogen and oxygen atoms in total. The Kier molecular flexibility index (Phi) is 10.4. The first-order chi connectivity index (χ1) is 16.1. The zero-order valence-corrected chi connectivity index (χ0v) is 18.7. The predicted molar refractivity (Wildman–Crippen MR) is 126 cm³/mol. The number of amides is 2. The third-order valence-corrected chi connectivity index (χ3v) is 4.54. The third kappa shape index (κ3) is 10.4. The van der Waals surface area contributed by atoms with Crippen molar-refractivity contribution in [2.45, 2.75) is 19.1 Å². The van der Waals surface area contributed by atoms with Gasteiger partial charge in [-0.15, -0.1) is 0 Å². The molecule has 0 radical (unpaired) electrons. The van der Waals surface area contributed by atoms with E-state index in [-0.39, 0.29) is 6.03 Å². The molecular weight excluding hydrogens is 471 g/mol. The fourth-order valence-corrected chi connectivity index (χ4v) is 2.82. The summed E-state index contributed by atoms with van der Waals surface area (Å²) in [4.78, 5) is 21.0. The van der Waals surface area contributed by atoms with Crippen LogP contribution >= 0.6 is 11.6 Å². The van der Waals surface area contributed by atoms with Crippen molar-refractivity contribution >= 4 is 35.0 Å². The van der Waals surface area contributed by atoms with Crippen molar-refractivity contribution in [1.29, 1.82) is 0 Å². The maximum Gasteiger partial charge on any atom is 0.490 e. The van der Waals surface area contributed by atoms with Gasteiger partial charge in [0, 0.05) is 22.9 Å². The highest BCUT2D eigenvalue weighted by molar-refractivity contribution is 6.30. The van der Waals surface area contributed by atoms with Crippen molar-refractivity contribution in [2.75, 3.05) is 17.2 Å². The Labute approximate surface area is 199 Å². The van der Waals surface area contributed by atoms with Gasteiger partial charge in [0.05, 0.1) is 0 Å². The lowest BCUT2D eigenvalue weighted by atomic mass is 10.1. The summed E-state index contributed by atoms with van der Waals surface area (Å²) in [6.07, 6.45) is -4.19. The monoisotopic (exact) mass is 493 g/mol. The Hall–Kier alpha value is -3.56. The van der Waals surface area contributed by atoms with Gasteiger partial charge in [0.15, 0.2) is 0 Å². The van der Waals surface area contributed by atoms with Crippen LogP contribution in [0.4, 0.5) is 29.3 Å². The molecule has 0 atom stereocenters. The number of nitrogens with one attached hydrogen (secondary N) is 3. The second kappa shape index (κ2) is 13.2. The number of halogens is 4. The van der Waals surface area contributed by atoms with Crippen molar-refractivity contribution in [2.24, 2.45) is 0 Å². The first kappa shape index (κ1) is 26.7. The lowest BCUT2D eigenvalue weighted by molar-refractivity contribution is -0.192. The Morgan fingerprint density at radius 2 is 1.41 bits per heavy atom. The maximum atomic E-state index is 12.1. The van der Waals surface area contributed by atoms with Crippen LogP contribution in [0.5, 0.6) is 0 Å². The largest absolute Gasteiger partial charge is 0.490 e. The maximum absolute atomic E-state index is 12.1. The van der Waals surface area contributed by atoms with Crippen molar-refractivity contribution in [3.63, 3.8) is 0 Å². The fourth-order valence-electron chi connectivity index (χ4n) is 2.69. The van der Waals surface area contributed by atoms with Crippen LogP contribution < -0.4 is 16.0 Å². The van der Waals surface area contributed by atoms with Gasteiger partial charge in [0.1, 0.15) is 0 Å². The van der Waals surface area contributed by atoms with Gasteiger partial charge in [-0.3, -0.25) is 0 Å². The summed E-state index contributed by atoms with van der Waals surface area (Å²) in [5.74, 6) is -2.76. The molecule has 0 aromatic heterocycles. The minimum absolute atomic E-state index is 0.281. The van der Waals surface area contributed by atoms with Crippen LogP contribution in [-0.4, -0.2) is 29.8 Å². The zero-order chi connectivity index (χ0) is 25.0. The Bertz CT molecular complexity index is 1060.